The zero-order chi connectivity index (χ0) is 24.5. The number of rotatable bonds is 4. The van der Waals surface area contributed by atoms with Gasteiger partial charge >= 0.3 is 6.09 Å². The van der Waals surface area contributed by atoms with E-state index >= 15 is 0 Å². The summed E-state index contributed by atoms with van der Waals surface area (Å²) in [5.74, 6) is 0.122. The summed E-state index contributed by atoms with van der Waals surface area (Å²) in [4.78, 5) is 32.6. The molecule has 1 aliphatic rings. The van der Waals surface area contributed by atoms with Crippen molar-refractivity contribution in [3.05, 3.63) is 93.4 Å². The SMILES string of the molecule is CC(c1ccccc1)C(c1ccccc1)n1c(N)nc2c(c1=O)CCN(C(=O)OC(C)(C)C)C2. The molecule has 1 aliphatic heterocycles. The number of benzene rings is 2. The van der Waals surface area contributed by atoms with Gasteiger partial charge in [0.15, 0.2) is 0 Å². The van der Waals surface area contributed by atoms with E-state index in [0.717, 1.165) is 11.1 Å². The molecule has 2 heterocycles. The molecule has 1 aromatic heterocycles. The fraction of sp³-hybridized carbons (Fsp3) is 0.370. The van der Waals surface area contributed by atoms with E-state index in [4.69, 9.17) is 10.5 Å². The Morgan fingerprint density at radius 2 is 1.62 bits per heavy atom. The quantitative estimate of drug-likeness (QED) is 0.619. The highest BCUT2D eigenvalue weighted by Crippen LogP contribution is 2.35. The lowest BCUT2D eigenvalue weighted by molar-refractivity contribution is 0.0220. The summed E-state index contributed by atoms with van der Waals surface area (Å²) in [5.41, 5.74) is 8.93. The third kappa shape index (κ3) is 4.83. The zero-order valence-electron chi connectivity index (χ0n) is 20.2. The second-order valence-electron chi connectivity index (χ2n) is 9.78. The molecular formula is C27H32N4O3. The van der Waals surface area contributed by atoms with Crippen LogP contribution in [-0.2, 0) is 17.7 Å². The van der Waals surface area contributed by atoms with Crippen LogP contribution >= 0.6 is 0 Å². The van der Waals surface area contributed by atoms with E-state index < -0.39 is 11.7 Å². The predicted molar refractivity (Wildman–Crippen MR) is 133 cm³/mol. The third-order valence-electron chi connectivity index (χ3n) is 6.16. The van der Waals surface area contributed by atoms with E-state index in [2.05, 4.69) is 24.0 Å². The van der Waals surface area contributed by atoms with Gasteiger partial charge in [0.2, 0.25) is 5.95 Å². The number of carbonyl (C=O) groups is 1. The Hall–Kier alpha value is -3.61. The third-order valence-corrected chi connectivity index (χ3v) is 6.16. The van der Waals surface area contributed by atoms with Crippen molar-refractivity contribution in [3.63, 3.8) is 0 Å². The normalized spacial score (nSPS) is 15.4. The Bertz CT molecular complexity index is 1220. The molecule has 0 fully saturated rings. The second-order valence-corrected chi connectivity index (χ2v) is 9.78. The van der Waals surface area contributed by atoms with Crippen LogP contribution in [0.2, 0.25) is 0 Å². The monoisotopic (exact) mass is 460 g/mol. The molecule has 2 N–H and O–H groups in total. The van der Waals surface area contributed by atoms with Gasteiger partial charge in [-0.1, -0.05) is 67.6 Å². The standard InChI is InChI=1S/C27H32N4O3/c1-18(19-11-7-5-8-12-19)23(20-13-9-6-10-14-20)31-24(32)21-15-16-30(17-22(21)29-25(31)28)26(33)34-27(2,3)4/h5-14,18,23H,15-17H2,1-4H3,(H2,28,29). The molecule has 1 amide bonds. The van der Waals surface area contributed by atoms with Crippen LogP contribution in [0.5, 0.6) is 0 Å². The lowest BCUT2D eigenvalue weighted by Crippen LogP contribution is -2.44. The highest BCUT2D eigenvalue weighted by Gasteiger charge is 2.32. The van der Waals surface area contributed by atoms with Gasteiger partial charge in [0.1, 0.15) is 5.60 Å². The first-order chi connectivity index (χ1) is 16.2. The molecule has 2 unspecified atom stereocenters. The fourth-order valence-corrected chi connectivity index (χ4v) is 4.52. The van der Waals surface area contributed by atoms with Crippen LogP contribution in [0, 0.1) is 0 Å². The van der Waals surface area contributed by atoms with Crippen molar-refractivity contribution in [2.24, 2.45) is 0 Å². The first kappa shape index (κ1) is 23.5. The molecule has 0 saturated heterocycles. The molecule has 0 aliphatic carbocycles. The Balaban J connectivity index is 1.75. The van der Waals surface area contributed by atoms with Gasteiger partial charge in [0.25, 0.3) is 5.56 Å². The average Bonchev–Trinajstić information content (AvgIpc) is 2.81. The number of ether oxygens (including phenoxy) is 1. The van der Waals surface area contributed by atoms with E-state index in [9.17, 15) is 9.59 Å². The Kier molecular flexibility index (Phi) is 6.46. The average molecular weight is 461 g/mol. The van der Waals surface area contributed by atoms with Crippen molar-refractivity contribution in [3.8, 4) is 0 Å². The van der Waals surface area contributed by atoms with Crippen LogP contribution in [-0.4, -0.2) is 32.7 Å². The number of anilines is 1. The molecule has 0 saturated carbocycles. The number of nitrogens with zero attached hydrogens (tertiary/aromatic N) is 3. The van der Waals surface area contributed by atoms with Crippen LogP contribution in [0.1, 0.15) is 62.0 Å². The predicted octanol–water partition coefficient (Wildman–Crippen LogP) is 4.51. The first-order valence-electron chi connectivity index (χ1n) is 11.6. The lowest BCUT2D eigenvalue weighted by Gasteiger charge is -2.32. The molecule has 7 nitrogen and oxygen atoms in total. The maximum Gasteiger partial charge on any atom is 0.410 e. The Labute approximate surface area is 200 Å². The van der Waals surface area contributed by atoms with E-state index in [0.29, 0.717) is 24.2 Å². The zero-order valence-corrected chi connectivity index (χ0v) is 20.2. The Morgan fingerprint density at radius 3 is 2.21 bits per heavy atom. The molecule has 178 valence electrons. The minimum Gasteiger partial charge on any atom is -0.444 e. The van der Waals surface area contributed by atoms with E-state index in [1.807, 2.05) is 69.3 Å². The molecule has 3 aromatic rings. The molecule has 0 radical (unpaired) electrons. The summed E-state index contributed by atoms with van der Waals surface area (Å²) in [6.07, 6.45) is -0.00961. The summed E-state index contributed by atoms with van der Waals surface area (Å²) in [7, 11) is 0. The summed E-state index contributed by atoms with van der Waals surface area (Å²) in [5, 5.41) is 0. The van der Waals surface area contributed by atoms with Gasteiger partial charge in [-0.25, -0.2) is 9.78 Å². The topological polar surface area (TPSA) is 90.5 Å². The smallest absolute Gasteiger partial charge is 0.410 e. The number of carbonyl (C=O) groups excluding carboxylic acids is 1. The summed E-state index contributed by atoms with van der Waals surface area (Å²) in [6.45, 7) is 8.18. The lowest BCUT2D eigenvalue weighted by atomic mass is 9.88. The number of fused-ring (bicyclic) bond motifs is 1. The highest BCUT2D eigenvalue weighted by molar-refractivity contribution is 5.68. The van der Waals surface area contributed by atoms with Crippen molar-refractivity contribution in [2.45, 2.75) is 58.2 Å². The van der Waals surface area contributed by atoms with Crippen molar-refractivity contribution in [2.75, 3.05) is 12.3 Å². The Morgan fingerprint density at radius 1 is 1.03 bits per heavy atom. The van der Waals surface area contributed by atoms with Crippen molar-refractivity contribution in [1.82, 2.24) is 14.5 Å². The van der Waals surface area contributed by atoms with E-state index in [-0.39, 0.29) is 30.0 Å². The maximum absolute atomic E-state index is 13.8. The molecule has 4 rings (SSSR count). The highest BCUT2D eigenvalue weighted by atomic mass is 16.6. The van der Waals surface area contributed by atoms with Crippen molar-refractivity contribution < 1.29 is 9.53 Å². The van der Waals surface area contributed by atoms with E-state index in [1.54, 1.807) is 9.47 Å². The van der Waals surface area contributed by atoms with Crippen LogP contribution in [0.15, 0.2) is 65.5 Å². The van der Waals surface area contributed by atoms with Gasteiger partial charge in [-0.2, -0.15) is 0 Å². The number of hydrogen-bond acceptors (Lipinski definition) is 5. The van der Waals surface area contributed by atoms with Gasteiger partial charge < -0.3 is 15.4 Å². The number of hydrogen-bond donors (Lipinski definition) is 1. The summed E-state index contributed by atoms with van der Waals surface area (Å²) >= 11 is 0. The number of amides is 1. The minimum atomic E-state index is -0.594. The van der Waals surface area contributed by atoms with Gasteiger partial charge in [-0.05, 0) is 38.3 Å². The first-order valence-corrected chi connectivity index (χ1v) is 11.6. The molecule has 7 heteroatoms. The van der Waals surface area contributed by atoms with Crippen LogP contribution in [0.25, 0.3) is 0 Å². The molecule has 0 bridgehead atoms. The largest absolute Gasteiger partial charge is 0.444 e. The number of nitrogen functional groups attached to an aromatic ring is 1. The van der Waals surface area contributed by atoms with Gasteiger partial charge in [-0.15, -0.1) is 0 Å². The van der Waals surface area contributed by atoms with Crippen molar-refractivity contribution in [1.29, 1.82) is 0 Å². The van der Waals surface area contributed by atoms with Gasteiger partial charge in [0, 0.05) is 18.0 Å². The van der Waals surface area contributed by atoms with Gasteiger partial charge in [-0.3, -0.25) is 9.36 Å². The number of nitrogens with two attached hydrogens (primary N) is 1. The molecule has 2 aromatic carbocycles. The molecule has 2 atom stereocenters. The second kappa shape index (κ2) is 9.33. The minimum absolute atomic E-state index is 0.0229. The van der Waals surface area contributed by atoms with Crippen LogP contribution in [0.3, 0.4) is 0 Å². The van der Waals surface area contributed by atoms with Gasteiger partial charge in [0.05, 0.1) is 18.3 Å². The number of aromatic nitrogens is 2. The van der Waals surface area contributed by atoms with E-state index in [1.165, 1.54) is 0 Å². The fourth-order valence-electron chi connectivity index (χ4n) is 4.52. The van der Waals surface area contributed by atoms with Crippen molar-refractivity contribution >= 4 is 12.0 Å². The molecule has 34 heavy (non-hydrogen) atoms. The molecule has 0 spiro atoms. The summed E-state index contributed by atoms with van der Waals surface area (Å²) in [6, 6.07) is 19.7. The maximum atomic E-state index is 13.8. The molecular weight excluding hydrogens is 428 g/mol. The summed E-state index contributed by atoms with van der Waals surface area (Å²) < 4.78 is 7.12. The van der Waals surface area contributed by atoms with Crippen LogP contribution < -0.4 is 11.3 Å². The van der Waals surface area contributed by atoms with Crippen LogP contribution in [0.4, 0.5) is 10.7 Å².